The summed E-state index contributed by atoms with van der Waals surface area (Å²) in [5.41, 5.74) is 3.86. The summed E-state index contributed by atoms with van der Waals surface area (Å²) < 4.78 is 12.1. The Morgan fingerprint density at radius 1 is 1.30 bits per heavy atom. The lowest BCUT2D eigenvalue weighted by Crippen LogP contribution is -2.38. The van der Waals surface area contributed by atoms with E-state index in [4.69, 9.17) is 26.1 Å². The molecular weight excluding hydrogens is 420 g/mol. The number of amides is 1. The maximum absolute atomic E-state index is 13.4. The molecule has 2 aromatic carbocycles. The Morgan fingerprint density at radius 2 is 2.13 bits per heavy atom. The molecule has 1 unspecified atom stereocenters. The molecule has 4 rings (SSSR count). The first-order valence-electron chi connectivity index (χ1n) is 10.1. The van der Waals surface area contributed by atoms with Gasteiger partial charge in [0.2, 0.25) is 5.91 Å². The number of rotatable bonds is 6. The summed E-state index contributed by atoms with van der Waals surface area (Å²) in [5.74, 6) is 0.821. The third kappa shape index (κ3) is 4.31. The minimum absolute atomic E-state index is 0.00268. The van der Waals surface area contributed by atoms with Gasteiger partial charge in [-0.3, -0.25) is 9.69 Å². The van der Waals surface area contributed by atoms with E-state index in [9.17, 15) is 4.79 Å². The molecule has 1 fully saturated rings. The standard InChI is InChI=1S/C23H25ClN2O3S/c1-14-6-8-18(24)22-21(14)25-23(30-22)26(13-17-5-4-10-29-17)20(27)12-16-7-9-19(28-3)15(2)11-16/h6-9,11,17H,4-5,10,12-13H2,1-3H3. The van der Waals surface area contributed by atoms with Gasteiger partial charge in [-0.05, 0) is 55.5 Å². The number of aryl methyl sites for hydroxylation is 2. The number of anilines is 1. The number of benzene rings is 2. The van der Waals surface area contributed by atoms with E-state index < -0.39 is 0 Å². The topological polar surface area (TPSA) is 51.7 Å². The van der Waals surface area contributed by atoms with Gasteiger partial charge in [0.15, 0.2) is 5.13 Å². The second kappa shape index (κ2) is 8.92. The van der Waals surface area contributed by atoms with Crippen LogP contribution in [0.3, 0.4) is 0 Å². The normalized spacial score (nSPS) is 16.2. The van der Waals surface area contributed by atoms with Gasteiger partial charge in [0.1, 0.15) is 5.75 Å². The smallest absolute Gasteiger partial charge is 0.233 e. The van der Waals surface area contributed by atoms with Crippen LogP contribution in [0, 0.1) is 13.8 Å². The molecule has 1 aliphatic rings. The molecule has 1 aromatic heterocycles. The number of hydrogen-bond acceptors (Lipinski definition) is 5. The first-order chi connectivity index (χ1) is 14.5. The SMILES string of the molecule is COc1ccc(CC(=O)N(CC2CCCO2)c2nc3c(C)ccc(Cl)c3s2)cc1C. The summed E-state index contributed by atoms with van der Waals surface area (Å²) in [6.45, 7) is 5.24. The van der Waals surface area contributed by atoms with Crippen molar-refractivity contribution < 1.29 is 14.3 Å². The first-order valence-corrected chi connectivity index (χ1v) is 11.3. The van der Waals surface area contributed by atoms with Gasteiger partial charge < -0.3 is 9.47 Å². The van der Waals surface area contributed by atoms with E-state index in [2.05, 4.69) is 0 Å². The van der Waals surface area contributed by atoms with Crippen LogP contribution in [0.25, 0.3) is 10.2 Å². The lowest BCUT2D eigenvalue weighted by molar-refractivity contribution is -0.118. The molecule has 0 N–H and O–H groups in total. The second-order valence-electron chi connectivity index (χ2n) is 7.66. The van der Waals surface area contributed by atoms with E-state index in [0.29, 0.717) is 23.1 Å². The third-order valence-electron chi connectivity index (χ3n) is 5.44. The van der Waals surface area contributed by atoms with E-state index in [1.165, 1.54) is 11.3 Å². The number of ether oxygens (including phenoxy) is 2. The van der Waals surface area contributed by atoms with Crippen molar-refractivity contribution in [2.75, 3.05) is 25.2 Å². The van der Waals surface area contributed by atoms with Crippen LogP contribution in [-0.4, -0.2) is 37.3 Å². The Hall–Kier alpha value is -2.15. The maximum atomic E-state index is 13.4. The molecule has 1 amide bonds. The van der Waals surface area contributed by atoms with E-state index in [1.54, 1.807) is 12.0 Å². The average Bonchev–Trinajstić information content (AvgIpc) is 3.39. The highest BCUT2D eigenvalue weighted by molar-refractivity contribution is 7.23. The maximum Gasteiger partial charge on any atom is 0.233 e. The fourth-order valence-corrected chi connectivity index (χ4v) is 5.15. The predicted octanol–water partition coefficient (Wildman–Crippen LogP) is 5.33. The Morgan fingerprint density at radius 3 is 2.80 bits per heavy atom. The summed E-state index contributed by atoms with van der Waals surface area (Å²) in [7, 11) is 1.65. The van der Waals surface area contributed by atoms with Gasteiger partial charge in [-0.1, -0.05) is 41.1 Å². The van der Waals surface area contributed by atoms with Gasteiger partial charge in [0, 0.05) is 6.61 Å². The van der Waals surface area contributed by atoms with Gasteiger partial charge in [-0.2, -0.15) is 0 Å². The molecule has 7 heteroatoms. The number of aromatic nitrogens is 1. The molecule has 0 spiro atoms. The fourth-order valence-electron chi connectivity index (χ4n) is 3.81. The van der Waals surface area contributed by atoms with Crippen molar-refractivity contribution in [2.45, 2.75) is 39.2 Å². The Labute approximate surface area is 185 Å². The number of carbonyl (C=O) groups is 1. The zero-order valence-corrected chi connectivity index (χ0v) is 19.0. The van der Waals surface area contributed by atoms with Gasteiger partial charge in [0.25, 0.3) is 0 Å². The molecule has 0 bridgehead atoms. The van der Waals surface area contributed by atoms with Crippen LogP contribution in [0.5, 0.6) is 5.75 Å². The average molecular weight is 445 g/mol. The minimum Gasteiger partial charge on any atom is -0.496 e. The summed E-state index contributed by atoms with van der Waals surface area (Å²) in [6.07, 6.45) is 2.31. The lowest BCUT2D eigenvalue weighted by Gasteiger charge is -2.23. The molecule has 5 nitrogen and oxygen atoms in total. The van der Waals surface area contributed by atoms with E-state index in [1.807, 2.05) is 44.2 Å². The lowest BCUT2D eigenvalue weighted by atomic mass is 10.1. The highest BCUT2D eigenvalue weighted by Gasteiger charge is 2.27. The minimum atomic E-state index is 0.00268. The van der Waals surface area contributed by atoms with Crippen molar-refractivity contribution in [1.29, 1.82) is 0 Å². The van der Waals surface area contributed by atoms with Crippen LogP contribution >= 0.6 is 22.9 Å². The molecule has 0 radical (unpaired) electrons. The van der Waals surface area contributed by atoms with Crippen molar-refractivity contribution in [3.8, 4) is 5.75 Å². The van der Waals surface area contributed by atoms with Crippen molar-refractivity contribution in [2.24, 2.45) is 0 Å². The number of halogens is 1. The van der Waals surface area contributed by atoms with Crippen LogP contribution in [0.2, 0.25) is 5.02 Å². The van der Waals surface area contributed by atoms with Gasteiger partial charge in [-0.25, -0.2) is 4.98 Å². The molecule has 0 saturated carbocycles. The number of nitrogens with zero attached hydrogens (tertiary/aromatic N) is 2. The molecule has 0 aliphatic carbocycles. The largest absolute Gasteiger partial charge is 0.496 e. The second-order valence-corrected chi connectivity index (χ2v) is 9.04. The molecule has 2 heterocycles. The van der Waals surface area contributed by atoms with Crippen LogP contribution in [0.15, 0.2) is 30.3 Å². The van der Waals surface area contributed by atoms with Crippen molar-refractivity contribution in [1.82, 2.24) is 4.98 Å². The van der Waals surface area contributed by atoms with Crippen molar-refractivity contribution >= 4 is 44.2 Å². The summed E-state index contributed by atoms with van der Waals surface area (Å²) in [4.78, 5) is 19.9. The van der Waals surface area contributed by atoms with E-state index in [0.717, 1.165) is 52.1 Å². The number of fused-ring (bicyclic) bond motifs is 1. The zero-order chi connectivity index (χ0) is 21.3. The summed E-state index contributed by atoms with van der Waals surface area (Å²) in [6, 6.07) is 9.69. The van der Waals surface area contributed by atoms with Gasteiger partial charge in [0.05, 0.1) is 41.4 Å². The monoisotopic (exact) mass is 444 g/mol. The quantitative estimate of drug-likeness (QED) is 0.515. The number of methoxy groups -OCH3 is 1. The highest BCUT2D eigenvalue weighted by atomic mass is 35.5. The Kier molecular flexibility index (Phi) is 6.27. The molecular formula is C23H25ClN2O3S. The van der Waals surface area contributed by atoms with Gasteiger partial charge >= 0.3 is 0 Å². The molecule has 1 aliphatic heterocycles. The number of carbonyl (C=O) groups excluding carboxylic acids is 1. The first kappa shape index (κ1) is 21.1. The Balaban J connectivity index is 1.65. The van der Waals surface area contributed by atoms with Gasteiger partial charge in [-0.15, -0.1) is 0 Å². The van der Waals surface area contributed by atoms with E-state index in [-0.39, 0.29) is 12.0 Å². The van der Waals surface area contributed by atoms with Crippen molar-refractivity contribution in [3.63, 3.8) is 0 Å². The Bertz CT molecular complexity index is 1040. The molecule has 158 valence electrons. The van der Waals surface area contributed by atoms with Crippen LogP contribution in [-0.2, 0) is 16.0 Å². The van der Waals surface area contributed by atoms with Crippen molar-refractivity contribution in [3.05, 3.63) is 52.0 Å². The molecule has 3 aromatic rings. The molecule has 30 heavy (non-hydrogen) atoms. The van der Waals surface area contributed by atoms with E-state index >= 15 is 0 Å². The van der Waals surface area contributed by atoms with Crippen LogP contribution in [0.4, 0.5) is 5.13 Å². The highest BCUT2D eigenvalue weighted by Crippen LogP contribution is 2.36. The zero-order valence-electron chi connectivity index (χ0n) is 17.4. The third-order valence-corrected chi connectivity index (χ3v) is 6.98. The van der Waals surface area contributed by atoms with Crippen LogP contribution in [0.1, 0.15) is 29.5 Å². The fraction of sp³-hybridized carbons (Fsp3) is 0.391. The van der Waals surface area contributed by atoms with Crippen LogP contribution < -0.4 is 9.64 Å². The number of hydrogen-bond donors (Lipinski definition) is 0. The molecule has 1 atom stereocenters. The number of thiazole rings is 1. The summed E-state index contributed by atoms with van der Waals surface area (Å²) in [5, 5.41) is 1.33. The summed E-state index contributed by atoms with van der Waals surface area (Å²) >= 11 is 7.87. The molecule has 1 saturated heterocycles. The predicted molar refractivity (Wildman–Crippen MR) is 122 cm³/mol.